The Morgan fingerprint density at radius 1 is 1.10 bits per heavy atom. The Labute approximate surface area is 166 Å². The van der Waals surface area contributed by atoms with Crippen LogP contribution in [-0.4, -0.2) is 33.0 Å². The topological polar surface area (TPSA) is 94.7 Å². The zero-order valence-electron chi connectivity index (χ0n) is 15.4. The molecule has 3 aromatic heterocycles. The normalized spacial score (nSPS) is 15.5. The summed E-state index contributed by atoms with van der Waals surface area (Å²) in [6, 6.07) is 8.28. The number of benzene rings is 1. The largest absolute Gasteiger partial charge is 0.277 e. The fraction of sp³-hybridized carbons (Fsp3) is 0.211. The molecule has 0 unspecified atom stereocenters. The average Bonchev–Trinajstić information content (AvgIpc) is 3.11. The highest BCUT2D eigenvalue weighted by atomic mass is 32.2. The van der Waals surface area contributed by atoms with Crippen LogP contribution in [0.4, 0.5) is 10.1 Å². The van der Waals surface area contributed by atoms with Crippen LogP contribution in [0.15, 0.2) is 60.0 Å². The Kier molecular flexibility index (Phi) is 3.75. The van der Waals surface area contributed by atoms with Crippen LogP contribution in [0.5, 0.6) is 0 Å². The van der Waals surface area contributed by atoms with Crippen LogP contribution in [-0.2, 0) is 22.7 Å². The number of nitrogens with one attached hydrogen (secondary N) is 1. The van der Waals surface area contributed by atoms with Gasteiger partial charge in [0.25, 0.3) is 10.0 Å². The van der Waals surface area contributed by atoms with E-state index in [1.54, 1.807) is 36.3 Å². The summed E-state index contributed by atoms with van der Waals surface area (Å²) in [6.45, 7) is 0. The van der Waals surface area contributed by atoms with Crippen LogP contribution in [0.3, 0.4) is 0 Å². The van der Waals surface area contributed by atoms with E-state index >= 15 is 0 Å². The summed E-state index contributed by atoms with van der Waals surface area (Å²) < 4.78 is 45.4. The summed E-state index contributed by atoms with van der Waals surface area (Å²) in [5, 5.41) is 9.12. The van der Waals surface area contributed by atoms with Crippen molar-refractivity contribution in [1.29, 1.82) is 0 Å². The van der Waals surface area contributed by atoms with Crippen LogP contribution in [0.25, 0.3) is 16.7 Å². The summed E-state index contributed by atoms with van der Waals surface area (Å²) in [4.78, 5) is 4.19. The number of aryl methyl sites for hydroxylation is 1. The van der Waals surface area contributed by atoms with Gasteiger partial charge < -0.3 is 0 Å². The minimum Gasteiger partial charge on any atom is -0.277 e. The van der Waals surface area contributed by atoms with Gasteiger partial charge in [-0.25, -0.2) is 22.5 Å². The molecule has 1 N–H and O–H groups in total. The lowest BCUT2D eigenvalue weighted by Crippen LogP contribution is -2.14. The summed E-state index contributed by atoms with van der Waals surface area (Å²) in [5.41, 5.74) is 0.353. The maximum atomic E-state index is 14.1. The van der Waals surface area contributed by atoms with Crippen molar-refractivity contribution < 1.29 is 12.8 Å². The number of rotatable bonds is 5. The van der Waals surface area contributed by atoms with E-state index in [1.807, 2.05) is 6.07 Å². The molecule has 1 aliphatic rings. The Morgan fingerprint density at radius 2 is 1.93 bits per heavy atom. The number of hydrogen-bond donors (Lipinski definition) is 1. The van der Waals surface area contributed by atoms with Crippen molar-refractivity contribution >= 4 is 26.6 Å². The van der Waals surface area contributed by atoms with Gasteiger partial charge in [-0.05, 0) is 31.0 Å². The fourth-order valence-electron chi connectivity index (χ4n) is 3.26. The molecule has 0 aliphatic heterocycles. The lowest BCUT2D eigenvalue weighted by Gasteiger charge is -2.10. The predicted octanol–water partition coefficient (Wildman–Crippen LogP) is 2.91. The predicted molar refractivity (Wildman–Crippen MR) is 105 cm³/mol. The van der Waals surface area contributed by atoms with Gasteiger partial charge in [-0.15, -0.1) is 0 Å². The number of sulfonamides is 1. The average molecular weight is 412 g/mol. The maximum absolute atomic E-state index is 14.1. The van der Waals surface area contributed by atoms with Crippen molar-refractivity contribution in [3.8, 4) is 5.82 Å². The van der Waals surface area contributed by atoms with Gasteiger partial charge in [0.1, 0.15) is 10.6 Å². The first-order valence-electron chi connectivity index (χ1n) is 9.00. The Bertz CT molecular complexity index is 1320. The molecule has 29 heavy (non-hydrogen) atoms. The molecule has 0 spiro atoms. The van der Waals surface area contributed by atoms with Crippen LogP contribution in [0.1, 0.15) is 18.4 Å². The molecule has 0 bridgehead atoms. The number of aromatic nitrogens is 5. The number of hydrogen-bond acceptors (Lipinski definition) is 5. The van der Waals surface area contributed by atoms with Gasteiger partial charge in [0, 0.05) is 30.4 Å². The molecule has 1 saturated carbocycles. The van der Waals surface area contributed by atoms with Crippen molar-refractivity contribution in [2.75, 3.05) is 4.72 Å². The van der Waals surface area contributed by atoms with Gasteiger partial charge in [0.2, 0.25) is 0 Å². The van der Waals surface area contributed by atoms with Gasteiger partial charge >= 0.3 is 0 Å². The Morgan fingerprint density at radius 3 is 2.66 bits per heavy atom. The van der Waals surface area contributed by atoms with E-state index in [0.29, 0.717) is 35.4 Å². The molecule has 0 saturated heterocycles. The second-order valence-electron chi connectivity index (χ2n) is 7.11. The maximum Gasteiger partial charge on any atom is 0.263 e. The summed E-state index contributed by atoms with van der Waals surface area (Å²) in [7, 11) is -2.10. The highest BCUT2D eigenvalue weighted by molar-refractivity contribution is 7.92. The molecule has 10 heteroatoms. The van der Waals surface area contributed by atoms with Crippen LogP contribution in [0.2, 0.25) is 0 Å². The van der Waals surface area contributed by atoms with E-state index in [2.05, 4.69) is 19.9 Å². The zero-order chi connectivity index (χ0) is 20.2. The first-order chi connectivity index (χ1) is 13.9. The molecule has 4 aromatic rings. The first kappa shape index (κ1) is 17.8. The summed E-state index contributed by atoms with van der Waals surface area (Å²) >= 11 is 0. The standard InChI is InChI=1S/C19H17FN6O2S/c1-25-18-13(9-22-25)3-2-4-16(18)24-29(27,28)15-5-6-17(21-11-15)26-12-14(10-23-26)19(20)7-8-19/h2-6,9-12,24H,7-8H2,1H3. The monoisotopic (exact) mass is 412 g/mol. The second-order valence-corrected chi connectivity index (χ2v) is 8.79. The second kappa shape index (κ2) is 6.11. The molecule has 0 atom stereocenters. The van der Waals surface area contributed by atoms with Gasteiger partial charge in [-0.2, -0.15) is 10.2 Å². The van der Waals surface area contributed by atoms with E-state index in [0.717, 1.165) is 5.39 Å². The third-order valence-electron chi connectivity index (χ3n) is 5.06. The first-order valence-corrected chi connectivity index (χ1v) is 10.5. The van der Waals surface area contributed by atoms with Crippen molar-refractivity contribution in [3.63, 3.8) is 0 Å². The lowest BCUT2D eigenvalue weighted by molar-refractivity contribution is 0.317. The molecule has 1 fully saturated rings. The number of halogens is 1. The van der Waals surface area contributed by atoms with Gasteiger partial charge in [-0.3, -0.25) is 9.40 Å². The van der Waals surface area contributed by atoms with Gasteiger partial charge in [-0.1, -0.05) is 12.1 Å². The number of pyridine rings is 1. The van der Waals surface area contributed by atoms with E-state index in [9.17, 15) is 12.8 Å². The molecule has 0 amide bonds. The molecule has 1 aliphatic carbocycles. The molecular formula is C19H17FN6O2S. The highest BCUT2D eigenvalue weighted by Gasteiger charge is 2.46. The lowest BCUT2D eigenvalue weighted by atomic mass is 10.2. The van der Waals surface area contributed by atoms with E-state index < -0.39 is 15.7 Å². The number of nitrogens with zero attached hydrogens (tertiary/aromatic N) is 5. The van der Waals surface area contributed by atoms with Gasteiger partial charge in [0.15, 0.2) is 5.82 Å². The number of fused-ring (bicyclic) bond motifs is 1. The quantitative estimate of drug-likeness (QED) is 0.544. The Balaban J connectivity index is 1.43. The molecule has 1 aromatic carbocycles. The van der Waals surface area contributed by atoms with E-state index in [-0.39, 0.29) is 4.90 Å². The fourth-order valence-corrected chi connectivity index (χ4v) is 4.27. The molecule has 5 rings (SSSR count). The van der Waals surface area contributed by atoms with Gasteiger partial charge in [0.05, 0.1) is 23.6 Å². The molecule has 3 heterocycles. The van der Waals surface area contributed by atoms with Crippen molar-refractivity contribution in [2.24, 2.45) is 7.05 Å². The van der Waals surface area contributed by atoms with Crippen molar-refractivity contribution in [1.82, 2.24) is 24.5 Å². The van der Waals surface area contributed by atoms with E-state index in [1.165, 1.54) is 29.2 Å². The van der Waals surface area contributed by atoms with Crippen LogP contribution >= 0.6 is 0 Å². The summed E-state index contributed by atoms with van der Waals surface area (Å²) in [6.07, 6.45) is 6.99. The molecular weight excluding hydrogens is 395 g/mol. The van der Waals surface area contributed by atoms with E-state index in [4.69, 9.17) is 0 Å². The molecule has 8 nitrogen and oxygen atoms in total. The van der Waals surface area contributed by atoms with Crippen molar-refractivity contribution in [2.45, 2.75) is 23.4 Å². The molecule has 0 radical (unpaired) electrons. The SMILES string of the molecule is Cn1ncc2cccc(NS(=O)(=O)c3ccc(-n4cc(C5(F)CC5)cn4)nc3)c21. The zero-order valence-corrected chi connectivity index (χ0v) is 16.3. The minimum atomic E-state index is -3.85. The summed E-state index contributed by atoms with van der Waals surface area (Å²) in [5.74, 6) is 0.410. The minimum absolute atomic E-state index is 0.0111. The third-order valence-corrected chi connectivity index (χ3v) is 6.41. The van der Waals surface area contributed by atoms with Crippen LogP contribution in [0, 0.1) is 0 Å². The third kappa shape index (κ3) is 3.05. The van der Waals surface area contributed by atoms with Crippen LogP contribution < -0.4 is 4.72 Å². The smallest absolute Gasteiger partial charge is 0.263 e. The molecule has 148 valence electrons. The Hall–Kier alpha value is -3.27. The van der Waals surface area contributed by atoms with Crippen molar-refractivity contribution in [3.05, 3.63) is 60.7 Å². The number of anilines is 1. The number of alkyl halides is 1. The highest BCUT2D eigenvalue weighted by Crippen LogP contribution is 2.49. The number of para-hydroxylation sites is 1.